The molecule has 0 saturated heterocycles. The predicted molar refractivity (Wildman–Crippen MR) is 89.3 cm³/mol. The summed E-state index contributed by atoms with van der Waals surface area (Å²) in [7, 11) is 0. The molecule has 0 unspecified atom stereocenters. The summed E-state index contributed by atoms with van der Waals surface area (Å²) < 4.78 is 2.41. The first-order chi connectivity index (χ1) is 10.6. The first kappa shape index (κ1) is 20.6. The highest BCUT2D eigenvalue weighted by Crippen LogP contribution is 2.08. The largest absolute Gasteiger partial charge is 0.550 e. The summed E-state index contributed by atoms with van der Waals surface area (Å²) in [5.74, 6) is -1.08. The van der Waals surface area contributed by atoms with Gasteiger partial charge in [0.15, 0.2) is 11.9 Å². The van der Waals surface area contributed by atoms with Crippen molar-refractivity contribution in [2.45, 2.75) is 85.1 Å². The Morgan fingerprint density at radius 3 is 2.09 bits per heavy atom. The standard InChI is InChI=1S/C17H30N.C2H4O2/c1-3-5-6-7-8-9-10-12-15-18-16-13-11-14-17(18)4-2;1-2(3)4/h11,13-14,16H,3-10,12,15H2,1-2H3;1H3,(H,3,4)/q+1;/p-1. The molecular formula is C19H33NO2. The average Bonchev–Trinajstić information content (AvgIpc) is 2.50. The molecule has 126 valence electrons. The lowest BCUT2D eigenvalue weighted by atomic mass is 10.1. The van der Waals surface area contributed by atoms with E-state index in [1.165, 1.54) is 63.6 Å². The lowest BCUT2D eigenvalue weighted by molar-refractivity contribution is -0.704. The Labute approximate surface area is 136 Å². The summed E-state index contributed by atoms with van der Waals surface area (Å²) in [6.45, 7) is 6.68. The normalized spacial score (nSPS) is 9.95. The summed E-state index contributed by atoms with van der Waals surface area (Å²) in [5.41, 5.74) is 1.46. The highest BCUT2D eigenvalue weighted by molar-refractivity contribution is 5.60. The van der Waals surface area contributed by atoms with E-state index >= 15 is 0 Å². The van der Waals surface area contributed by atoms with Gasteiger partial charge in [0.1, 0.15) is 6.54 Å². The van der Waals surface area contributed by atoms with Crippen molar-refractivity contribution in [2.24, 2.45) is 0 Å². The highest BCUT2D eigenvalue weighted by Gasteiger charge is 2.05. The molecule has 0 amide bonds. The van der Waals surface area contributed by atoms with E-state index in [2.05, 4.69) is 42.8 Å². The number of hydrogen-bond donors (Lipinski definition) is 0. The van der Waals surface area contributed by atoms with Gasteiger partial charge >= 0.3 is 0 Å². The summed E-state index contributed by atoms with van der Waals surface area (Å²) in [4.78, 5) is 8.89. The molecule has 1 aromatic rings. The fourth-order valence-corrected chi connectivity index (χ4v) is 2.47. The van der Waals surface area contributed by atoms with Gasteiger partial charge in [-0.05, 0) is 13.3 Å². The molecular weight excluding hydrogens is 274 g/mol. The van der Waals surface area contributed by atoms with Crippen molar-refractivity contribution in [2.75, 3.05) is 0 Å². The smallest absolute Gasteiger partial charge is 0.181 e. The number of rotatable bonds is 10. The van der Waals surface area contributed by atoms with Gasteiger partial charge in [-0.3, -0.25) is 0 Å². The van der Waals surface area contributed by atoms with E-state index in [4.69, 9.17) is 9.90 Å². The quantitative estimate of drug-likeness (QED) is 0.491. The van der Waals surface area contributed by atoms with Crippen LogP contribution in [0.2, 0.25) is 0 Å². The number of carboxylic acid groups (broad SMARTS) is 1. The molecule has 0 fully saturated rings. The second-order valence-electron chi connectivity index (χ2n) is 5.71. The molecule has 0 aliphatic rings. The Kier molecular flexibility index (Phi) is 13.6. The molecule has 0 aromatic carbocycles. The van der Waals surface area contributed by atoms with Crippen molar-refractivity contribution >= 4 is 5.97 Å². The molecule has 0 aliphatic heterocycles. The molecule has 1 rings (SSSR count). The number of aromatic nitrogens is 1. The number of carbonyl (C=O) groups is 1. The summed E-state index contributed by atoms with van der Waals surface area (Å²) in [6, 6.07) is 6.53. The molecule has 0 N–H and O–H groups in total. The van der Waals surface area contributed by atoms with Crippen LogP contribution in [0.4, 0.5) is 0 Å². The number of pyridine rings is 1. The van der Waals surface area contributed by atoms with Gasteiger partial charge in [0.25, 0.3) is 0 Å². The van der Waals surface area contributed by atoms with Crippen molar-refractivity contribution < 1.29 is 14.5 Å². The van der Waals surface area contributed by atoms with Gasteiger partial charge in [0, 0.05) is 30.9 Å². The second kappa shape index (κ2) is 14.6. The highest BCUT2D eigenvalue weighted by atomic mass is 16.4. The first-order valence-electron chi connectivity index (χ1n) is 8.76. The predicted octanol–water partition coefficient (Wildman–Crippen LogP) is 3.43. The van der Waals surface area contributed by atoms with Gasteiger partial charge in [0.05, 0.1) is 0 Å². The van der Waals surface area contributed by atoms with Crippen LogP contribution in [0.25, 0.3) is 0 Å². The molecule has 3 heteroatoms. The third-order valence-electron chi connectivity index (χ3n) is 3.65. The van der Waals surface area contributed by atoms with Crippen LogP contribution in [0.3, 0.4) is 0 Å². The van der Waals surface area contributed by atoms with Crippen LogP contribution >= 0.6 is 0 Å². The van der Waals surface area contributed by atoms with Crippen LogP contribution in [0.15, 0.2) is 24.4 Å². The molecule has 0 aliphatic carbocycles. The molecule has 0 spiro atoms. The zero-order chi connectivity index (χ0) is 16.6. The van der Waals surface area contributed by atoms with Crippen molar-refractivity contribution in [3.63, 3.8) is 0 Å². The van der Waals surface area contributed by atoms with Gasteiger partial charge in [-0.1, -0.05) is 58.4 Å². The van der Waals surface area contributed by atoms with E-state index in [0.717, 1.165) is 13.3 Å². The van der Waals surface area contributed by atoms with Gasteiger partial charge in [-0.25, -0.2) is 4.57 Å². The number of carbonyl (C=O) groups excluding carboxylic acids is 1. The topological polar surface area (TPSA) is 44.0 Å². The second-order valence-corrected chi connectivity index (χ2v) is 5.71. The summed E-state index contributed by atoms with van der Waals surface area (Å²) in [6.07, 6.45) is 14.6. The molecule has 0 radical (unpaired) electrons. The third kappa shape index (κ3) is 12.4. The van der Waals surface area contributed by atoms with Gasteiger partial charge < -0.3 is 9.90 Å². The van der Waals surface area contributed by atoms with E-state index in [1.807, 2.05) is 0 Å². The minimum atomic E-state index is -1.08. The number of hydrogen-bond acceptors (Lipinski definition) is 2. The van der Waals surface area contributed by atoms with E-state index in [9.17, 15) is 0 Å². The van der Waals surface area contributed by atoms with Crippen molar-refractivity contribution in [3.05, 3.63) is 30.1 Å². The van der Waals surface area contributed by atoms with Gasteiger partial charge in [-0.2, -0.15) is 0 Å². The SMILES string of the molecule is CC(=O)[O-].CCCCCCCCCC[n+]1ccccc1CC. The van der Waals surface area contributed by atoms with Crippen molar-refractivity contribution in [1.29, 1.82) is 0 Å². The summed E-state index contributed by atoms with van der Waals surface area (Å²) in [5, 5.41) is 8.89. The zero-order valence-corrected chi connectivity index (χ0v) is 14.6. The maximum absolute atomic E-state index is 8.89. The number of aryl methyl sites for hydroxylation is 2. The number of carboxylic acids is 1. The van der Waals surface area contributed by atoms with Crippen LogP contribution in [-0.4, -0.2) is 5.97 Å². The van der Waals surface area contributed by atoms with E-state index in [-0.39, 0.29) is 0 Å². The Balaban J connectivity index is 0.000000980. The van der Waals surface area contributed by atoms with Crippen LogP contribution in [-0.2, 0) is 17.8 Å². The van der Waals surface area contributed by atoms with Gasteiger partial charge in [-0.15, -0.1) is 0 Å². The molecule has 1 aromatic heterocycles. The van der Waals surface area contributed by atoms with E-state index in [1.54, 1.807) is 0 Å². The Bertz CT molecular complexity index is 387. The van der Waals surface area contributed by atoms with Crippen LogP contribution in [0.1, 0.15) is 77.8 Å². The maximum atomic E-state index is 8.89. The third-order valence-corrected chi connectivity index (χ3v) is 3.65. The lowest BCUT2D eigenvalue weighted by Gasteiger charge is -2.02. The minimum Gasteiger partial charge on any atom is -0.550 e. The number of aliphatic carboxylic acids is 1. The fourth-order valence-electron chi connectivity index (χ4n) is 2.47. The number of nitrogens with zero attached hydrogens (tertiary/aromatic N) is 1. The zero-order valence-electron chi connectivity index (χ0n) is 14.6. The Morgan fingerprint density at radius 2 is 1.55 bits per heavy atom. The monoisotopic (exact) mass is 307 g/mol. The van der Waals surface area contributed by atoms with Crippen molar-refractivity contribution in [1.82, 2.24) is 0 Å². The summed E-state index contributed by atoms with van der Waals surface area (Å²) >= 11 is 0. The first-order valence-corrected chi connectivity index (χ1v) is 8.76. The van der Waals surface area contributed by atoms with Crippen LogP contribution in [0.5, 0.6) is 0 Å². The van der Waals surface area contributed by atoms with Crippen LogP contribution in [0, 0.1) is 0 Å². The van der Waals surface area contributed by atoms with E-state index < -0.39 is 5.97 Å². The fraction of sp³-hybridized carbons (Fsp3) is 0.684. The van der Waals surface area contributed by atoms with Crippen molar-refractivity contribution in [3.8, 4) is 0 Å². The van der Waals surface area contributed by atoms with Crippen LogP contribution < -0.4 is 9.67 Å². The van der Waals surface area contributed by atoms with Gasteiger partial charge in [0.2, 0.25) is 0 Å². The molecule has 1 heterocycles. The Hall–Kier alpha value is -1.38. The lowest BCUT2D eigenvalue weighted by Crippen LogP contribution is -2.37. The Morgan fingerprint density at radius 1 is 1.00 bits per heavy atom. The average molecular weight is 307 g/mol. The molecule has 0 saturated carbocycles. The molecule has 0 atom stereocenters. The maximum Gasteiger partial charge on any atom is 0.181 e. The molecule has 0 bridgehead atoms. The minimum absolute atomic E-state index is 0.972. The van der Waals surface area contributed by atoms with E-state index in [0.29, 0.717) is 0 Å². The molecule has 3 nitrogen and oxygen atoms in total. The number of unbranched alkanes of at least 4 members (excludes halogenated alkanes) is 7. The molecule has 22 heavy (non-hydrogen) atoms.